The molecule has 0 saturated carbocycles. The lowest BCUT2D eigenvalue weighted by Crippen LogP contribution is -2.05. The number of halogens is 1. The van der Waals surface area contributed by atoms with E-state index in [0.717, 1.165) is 16.5 Å². The lowest BCUT2D eigenvalue weighted by atomic mass is 10.0. The first-order valence-corrected chi connectivity index (χ1v) is 7.10. The molecule has 0 aliphatic carbocycles. The van der Waals surface area contributed by atoms with Gasteiger partial charge in [0.1, 0.15) is 5.78 Å². The Labute approximate surface area is 122 Å². The summed E-state index contributed by atoms with van der Waals surface area (Å²) in [5.41, 5.74) is 3.46. The third-order valence-corrected chi connectivity index (χ3v) is 3.53. The number of aromatic nitrogens is 1. The van der Waals surface area contributed by atoms with E-state index >= 15 is 0 Å². The van der Waals surface area contributed by atoms with Crippen LogP contribution in [0.3, 0.4) is 0 Å². The predicted molar refractivity (Wildman–Crippen MR) is 80.1 cm³/mol. The van der Waals surface area contributed by atoms with Gasteiger partial charge in [-0.1, -0.05) is 24.3 Å². The quantitative estimate of drug-likeness (QED) is 0.837. The molecule has 0 spiro atoms. The molecule has 0 aliphatic heterocycles. The summed E-state index contributed by atoms with van der Waals surface area (Å²) < 4.78 is 0.914. The maximum Gasteiger partial charge on any atom is 0.137 e. The summed E-state index contributed by atoms with van der Waals surface area (Å²) in [6.07, 6.45) is 5.32. The monoisotopic (exact) mass is 317 g/mol. The smallest absolute Gasteiger partial charge is 0.137 e. The zero-order valence-corrected chi connectivity index (χ0v) is 12.5. The summed E-state index contributed by atoms with van der Waals surface area (Å²) in [5, 5.41) is 0. The van der Waals surface area contributed by atoms with Crippen molar-refractivity contribution in [3.05, 3.63) is 63.9 Å². The summed E-state index contributed by atoms with van der Waals surface area (Å²) >= 11 is 3.36. The first kappa shape index (κ1) is 13.9. The molecule has 0 N–H and O–H groups in total. The largest absolute Gasteiger partial charge is 0.299 e. The van der Waals surface area contributed by atoms with Crippen molar-refractivity contribution in [1.82, 2.24) is 4.98 Å². The molecular formula is C16H16BrNO. The fourth-order valence-electron chi connectivity index (χ4n) is 2.03. The number of ketones is 1. The normalized spacial score (nSPS) is 10.4. The van der Waals surface area contributed by atoms with Gasteiger partial charge in [-0.2, -0.15) is 0 Å². The maximum atomic E-state index is 12.0. The minimum Gasteiger partial charge on any atom is -0.299 e. The SMILES string of the molecule is Cc1ccccc1CCC(=O)Cc1cncc(Br)c1. The van der Waals surface area contributed by atoms with Crippen LogP contribution in [0.2, 0.25) is 0 Å². The second-order valence-electron chi connectivity index (χ2n) is 4.65. The van der Waals surface area contributed by atoms with Crippen molar-refractivity contribution in [2.75, 3.05) is 0 Å². The molecule has 0 aliphatic rings. The molecule has 1 aromatic heterocycles. The second-order valence-corrected chi connectivity index (χ2v) is 5.57. The van der Waals surface area contributed by atoms with Crippen LogP contribution in [0, 0.1) is 6.92 Å². The van der Waals surface area contributed by atoms with E-state index in [1.165, 1.54) is 11.1 Å². The molecule has 19 heavy (non-hydrogen) atoms. The van der Waals surface area contributed by atoms with Crippen LogP contribution in [0.4, 0.5) is 0 Å². The molecule has 2 rings (SSSR count). The van der Waals surface area contributed by atoms with Gasteiger partial charge in [-0.3, -0.25) is 9.78 Å². The van der Waals surface area contributed by atoms with Gasteiger partial charge >= 0.3 is 0 Å². The topological polar surface area (TPSA) is 30.0 Å². The second kappa shape index (κ2) is 6.62. The van der Waals surface area contributed by atoms with Gasteiger partial charge in [0.25, 0.3) is 0 Å². The Bertz CT molecular complexity index is 580. The third kappa shape index (κ3) is 4.28. The van der Waals surface area contributed by atoms with E-state index in [9.17, 15) is 4.79 Å². The average Bonchev–Trinajstić information content (AvgIpc) is 2.38. The standard InChI is InChI=1S/C16H16BrNO/c1-12-4-2-3-5-14(12)6-7-16(19)9-13-8-15(17)11-18-10-13/h2-5,8,10-11H,6-7,9H2,1H3. The number of hydrogen-bond donors (Lipinski definition) is 0. The van der Waals surface area contributed by atoms with Gasteiger partial charge in [0.15, 0.2) is 0 Å². The average molecular weight is 318 g/mol. The molecule has 0 radical (unpaired) electrons. The summed E-state index contributed by atoms with van der Waals surface area (Å²) in [5.74, 6) is 0.253. The van der Waals surface area contributed by atoms with Crippen LogP contribution in [0.15, 0.2) is 47.2 Å². The molecule has 0 amide bonds. The molecule has 0 atom stereocenters. The Morgan fingerprint density at radius 1 is 1.26 bits per heavy atom. The highest BCUT2D eigenvalue weighted by atomic mass is 79.9. The van der Waals surface area contributed by atoms with Gasteiger partial charge in [0, 0.05) is 29.7 Å². The lowest BCUT2D eigenvalue weighted by Gasteiger charge is -2.05. The van der Waals surface area contributed by atoms with Gasteiger partial charge in [0.2, 0.25) is 0 Å². The van der Waals surface area contributed by atoms with Crippen molar-refractivity contribution < 1.29 is 4.79 Å². The summed E-state index contributed by atoms with van der Waals surface area (Å²) in [6.45, 7) is 2.08. The molecule has 2 aromatic rings. The van der Waals surface area contributed by atoms with Gasteiger partial charge in [-0.25, -0.2) is 0 Å². The number of aryl methyl sites for hydroxylation is 2. The van der Waals surface area contributed by atoms with Gasteiger partial charge in [-0.15, -0.1) is 0 Å². The molecule has 1 heterocycles. The van der Waals surface area contributed by atoms with Crippen molar-refractivity contribution in [3.63, 3.8) is 0 Å². The zero-order valence-electron chi connectivity index (χ0n) is 10.9. The fourth-order valence-corrected chi connectivity index (χ4v) is 2.45. The first-order chi connectivity index (χ1) is 9.15. The van der Waals surface area contributed by atoms with Crippen molar-refractivity contribution in [3.8, 4) is 0 Å². The Morgan fingerprint density at radius 2 is 2.05 bits per heavy atom. The zero-order chi connectivity index (χ0) is 13.7. The van der Waals surface area contributed by atoms with E-state index in [1.807, 2.05) is 18.2 Å². The van der Waals surface area contributed by atoms with Crippen LogP contribution in [-0.2, 0) is 17.6 Å². The molecule has 98 valence electrons. The van der Waals surface area contributed by atoms with E-state index in [-0.39, 0.29) is 5.78 Å². The summed E-state index contributed by atoms with van der Waals surface area (Å²) in [7, 11) is 0. The number of pyridine rings is 1. The Kier molecular flexibility index (Phi) is 4.86. The third-order valence-electron chi connectivity index (χ3n) is 3.10. The number of hydrogen-bond acceptors (Lipinski definition) is 2. The Morgan fingerprint density at radius 3 is 2.79 bits per heavy atom. The molecule has 2 nitrogen and oxygen atoms in total. The van der Waals surface area contributed by atoms with E-state index in [0.29, 0.717) is 12.8 Å². The fraction of sp³-hybridized carbons (Fsp3) is 0.250. The maximum absolute atomic E-state index is 12.0. The highest BCUT2D eigenvalue weighted by Crippen LogP contribution is 2.13. The van der Waals surface area contributed by atoms with Crippen LogP contribution < -0.4 is 0 Å². The van der Waals surface area contributed by atoms with Gasteiger partial charge < -0.3 is 0 Å². The van der Waals surface area contributed by atoms with E-state index in [4.69, 9.17) is 0 Å². The first-order valence-electron chi connectivity index (χ1n) is 6.31. The van der Waals surface area contributed by atoms with Crippen LogP contribution >= 0.6 is 15.9 Å². The lowest BCUT2D eigenvalue weighted by molar-refractivity contribution is -0.118. The number of rotatable bonds is 5. The molecule has 0 bridgehead atoms. The molecule has 3 heteroatoms. The van der Waals surface area contributed by atoms with Crippen molar-refractivity contribution in [1.29, 1.82) is 0 Å². The van der Waals surface area contributed by atoms with Crippen LogP contribution in [-0.4, -0.2) is 10.8 Å². The van der Waals surface area contributed by atoms with Crippen LogP contribution in [0.1, 0.15) is 23.1 Å². The minimum atomic E-state index is 0.253. The van der Waals surface area contributed by atoms with Crippen molar-refractivity contribution in [2.24, 2.45) is 0 Å². The van der Waals surface area contributed by atoms with Crippen LogP contribution in [0.25, 0.3) is 0 Å². The van der Waals surface area contributed by atoms with Crippen molar-refractivity contribution in [2.45, 2.75) is 26.2 Å². The number of Topliss-reactive ketones (excluding diaryl/α,β-unsaturated/α-hetero) is 1. The summed E-state index contributed by atoms with van der Waals surface area (Å²) in [4.78, 5) is 16.0. The van der Waals surface area contributed by atoms with E-state index in [2.05, 4.69) is 40.0 Å². The molecule has 1 aromatic carbocycles. The Hall–Kier alpha value is -1.48. The number of carbonyl (C=O) groups is 1. The highest BCUT2D eigenvalue weighted by Gasteiger charge is 2.06. The summed E-state index contributed by atoms with van der Waals surface area (Å²) in [6, 6.07) is 10.2. The highest BCUT2D eigenvalue weighted by molar-refractivity contribution is 9.10. The molecule has 0 unspecified atom stereocenters. The minimum absolute atomic E-state index is 0.253. The van der Waals surface area contributed by atoms with Crippen LogP contribution in [0.5, 0.6) is 0 Å². The molecule has 0 saturated heterocycles. The Balaban J connectivity index is 1.90. The number of nitrogens with zero attached hydrogens (tertiary/aromatic N) is 1. The number of carbonyl (C=O) groups excluding carboxylic acids is 1. The molecular weight excluding hydrogens is 302 g/mol. The van der Waals surface area contributed by atoms with Crippen molar-refractivity contribution >= 4 is 21.7 Å². The van der Waals surface area contributed by atoms with Gasteiger partial charge in [0.05, 0.1) is 0 Å². The molecule has 0 fully saturated rings. The number of benzene rings is 1. The van der Waals surface area contributed by atoms with E-state index < -0.39 is 0 Å². The predicted octanol–water partition coefficient (Wildman–Crippen LogP) is 3.90. The van der Waals surface area contributed by atoms with Gasteiger partial charge in [-0.05, 0) is 52.0 Å². The van der Waals surface area contributed by atoms with E-state index in [1.54, 1.807) is 12.4 Å².